The van der Waals surface area contributed by atoms with Crippen molar-refractivity contribution >= 4 is 28.2 Å². The predicted octanol–water partition coefficient (Wildman–Crippen LogP) is 3.51. The molecule has 2 aromatic carbocycles. The number of nitrogens with zero attached hydrogens (tertiary/aromatic N) is 2. The van der Waals surface area contributed by atoms with E-state index in [1.54, 1.807) is 24.3 Å². The first kappa shape index (κ1) is 16.4. The molecule has 128 valence electrons. The highest BCUT2D eigenvalue weighted by molar-refractivity contribution is 6.11. The number of fused-ring (bicyclic) bond motifs is 1. The highest BCUT2D eigenvalue weighted by Crippen LogP contribution is 2.23. The van der Waals surface area contributed by atoms with E-state index in [-0.39, 0.29) is 17.5 Å². The van der Waals surface area contributed by atoms with Crippen LogP contribution in [0.25, 0.3) is 10.9 Å². The molecule has 3 rings (SSSR count). The van der Waals surface area contributed by atoms with Gasteiger partial charge in [-0.15, -0.1) is 0 Å². The molecule has 0 aliphatic carbocycles. The molecule has 1 heterocycles. The van der Waals surface area contributed by atoms with E-state index in [4.69, 9.17) is 4.74 Å². The van der Waals surface area contributed by atoms with Crippen molar-refractivity contribution in [2.75, 3.05) is 5.32 Å². The maximum absolute atomic E-state index is 12.4. The average Bonchev–Trinajstić information content (AvgIpc) is 2.99. The van der Waals surface area contributed by atoms with Gasteiger partial charge < -0.3 is 10.1 Å². The van der Waals surface area contributed by atoms with Gasteiger partial charge in [0.05, 0.1) is 16.5 Å². The van der Waals surface area contributed by atoms with Crippen LogP contribution in [0.4, 0.5) is 11.4 Å². The van der Waals surface area contributed by atoms with Crippen molar-refractivity contribution in [1.29, 1.82) is 0 Å². The zero-order valence-corrected chi connectivity index (χ0v) is 13.6. The lowest BCUT2D eigenvalue weighted by molar-refractivity contribution is -0.384. The Kier molecular flexibility index (Phi) is 4.34. The first-order valence-corrected chi connectivity index (χ1v) is 7.64. The number of amides is 1. The van der Waals surface area contributed by atoms with Gasteiger partial charge in [0.2, 0.25) is 0 Å². The van der Waals surface area contributed by atoms with Crippen LogP contribution in [0.1, 0.15) is 24.3 Å². The molecule has 0 fully saturated rings. The van der Waals surface area contributed by atoms with Crippen LogP contribution in [-0.4, -0.2) is 27.1 Å². The lowest BCUT2D eigenvalue weighted by Gasteiger charge is -2.10. The number of aromatic nitrogens is 2. The molecule has 1 aromatic heterocycles. The zero-order chi connectivity index (χ0) is 18.0. The molecule has 0 spiro atoms. The van der Waals surface area contributed by atoms with Crippen molar-refractivity contribution in [3.05, 3.63) is 58.3 Å². The van der Waals surface area contributed by atoms with Crippen LogP contribution in [0.5, 0.6) is 5.75 Å². The van der Waals surface area contributed by atoms with Crippen LogP contribution in [0.2, 0.25) is 0 Å². The molecule has 3 aromatic rings. The summed E-state index contributed by atoms with van der Waals surface area (Å²) < 4.78 is 5.55. The van der Waals surface area contributed by atoms with Crippen LogP contribution in [0.3, 0.4) is 0 Å². The minimum absolute atomic E-state index is 0.0617. The molecule has 0 aliphatic rings. The summed E-state index contributed by atoms with van der Waals surface area (Å²) in [6, 6.07) is 11.1. The Labute approximate surface area is 143 Å². The second-order valence-electron chi connectivity index (χ2n) is 5.70. The molecule has 8 nitrogen and oxygen atoms in total. The Morgan fingerprint density at radius 3 is 2.60 bits per heavy atom. The Morgan fingerprint density at radius 1 is 1.24 bits per heavy atom. The molecular formula is C17H16N4O4. The van der Waals surface area contributed by atoms with E-state index in [9.17, 15) is 14.9 Å². The third-order valence-corrected chi connectivity index (χ3v) is 3.46. The van der Waals surface area contributed by atoms with Gasteiger partial charge in [0.15, 0.2) is 5.69 Å². The lowest BCUT2D eigenvalue weighted by atomic mass is 10.2. The number of ether oxygens (including phenoxy) is 1. The highest BCUT2D eigenvalue weighted by atomic mass is 16.6. The molecule has 0 saturated carbocycles. The lowest BCUT2D eigenvalue weighted by Crippen LogP contribution is -2.13. The number of rotatable bonds is 5. The Hall–Kier alpha value is -3.42. The standard InChI is InChI=1S/C17H16N4O4/c1-10(2)25-13-6-3-11(4-7-13)18-17(22)16-14-9-12(21(23)24)5-8-15(14)19-20-16/h3-10H,1-2H3,(H,18,22)(H,19,20). The molecule has 1 amide bonds. The van der Waals surface area contributed by atoms with E-state index in [0.29, 0.717) is 22.3 Å². The number of benzene rings is 2. The molecule has 25 heavy (non-hydrogen) atoms. The highest BCUT2D eigenvalue weighted by Gasteiger charge is 2.17. The molecule has 0 saturated heterocycles. The third-order valence-electron chi connectivity index (χ3n) is 3.46. The fraction of sp³-hybridized carbons (Fsp3) is 0.176. The smallest absolute Gasteiger partial charge is 0.276 e. The summed E-state index contributed by atoms with van der Waals surface area (Å²) in [5.41, 5.74) is 1.12. The van der Waals surface area contributed by atoms with Crippen molar-refractivity contribution in [3.8, 4) is 5.75 Å². The molecule has 0 atom stereocenters. The van der Waals surface area contributed by atoms with Crippen LogP contribution < -0.4 is 10.1 Å². The fourth-order valence-electron chi connectivity index (χ4n) is 2.37. The van der Waals surface area contributed by atoms with Crippen LogP contribution in [-0.2, 0) is 0 Å². The topological polar surface area (TPSA) is 110 Å². The molecule has 0 aliphatic heterocycles. The zero-order valence-electron chi connectivity index (χ0n) is 13.6. The van der Waals surface area contributed by atoms with Gasteiger partial charge in [0.25, 0.3) is 11.6 Å². The predicted molar refractivity (Wildman–Crippen MR) is 92.9 cm³/mol. The first-order chi connectivity index (χ1) is 11.9. The van der Waals surface area contributed by atoms with E-state index >= 15 is 0 Å². The second-order valence-corrected chi connectivity index (χ2v) is 5.70. The summed E-state index contributed by atoms with van der Waals surface area (Å²) in [5, 5.41) is 20.7. The maximum Gasteiger partial charge on any atom is 0.276 e. The molecule has 0 unspecified atom stereocenters. The second kappa shape index (κ2) is 6.60. The molecular weight excluding hydrogens is 324 g/mol. The van der Waals surface area contributed by atoms with E-state index in [2.05, 4.69) is 15.5 Å². The van der Waals surface area contributed by atoms with Crippen LogP contribution >= 0.6 is 0 Å². The average molecular weight is 340 g/mol. The molecule has 0 bridgehead atoms. The summed E-state index contributed by atoms with van der Waals surface area (Å²) in [6.45, 7) is 3.86. The van der Waals surface area contributed by atoms with E-state index < -0.39 is 10.8 Å². The number of anilines is 1. The van der Waals surface area contributed by atoms with Crippen molar-refractivity contribution < 1.29 is 14.5 Å². The number of H-pyrrole nitrogens is 1. The molecule has 8 heteroatoms. The summed E-state index contributed by atoms with van der Waals surface area (Å²) >= 11 is 0. The number of aromatic amines is 1. The Morgan fingerprint density at radius 2 is 1.96 bits per heavy atom. The van der Waals surface area contributed by atoms with E-state index in [0.717, 1.165) is 0 Å². The number of hydrogen-bond acceptors (Lipinski definition) is 5. The van der Waals surface area contributed by atoms with Gasteiger partial charge in [-0.05, 0) is 44.2 Å². The summed E-state index contributed by atoms with van der Waals surface area (Å²) in [6.07, 6.45) is 0.0617. The molecule has 2 N–H and O–H groups in total. The summed E-state index contributed by atoms with van der Waals surface area (Å²) in [5.74, 6) is 0.248. The van der Waals surface area contributed by atoms with Crippen molar-refractivity contribution in [2.45, 2.75) is 20.0 Å². The number of hydrogen-bond donors (Lipinski definition) is 2. The summed E-state index contributed by atoms with van der Waals surface area (Å²) in [7, 11) is 0. The van der Waals surface area contributed by atoms with Crippen molar-refractivity contribution in [1.82, 2.24) is 10.2 Å². The fourth-order valence-corrected chi connectivity index (χ4v) is 2.37. The van der Waals surface area contributed by atoms with Gasteiger partial charge in [-0.2, -0.15) is 5.10 Å². The molecule has 0 radical (unpaired) electrons. The largest absolute Gasteiger partial charge is 0.491 e. The quantitative estimate of drug-likeness (QED) is 0.545. The van der Waals surface area contributed by atoms with E-state index in [1.165, 1.54) is 18.2 Å². The maximum atomic E-state index is 12.4. The first-order valence-electron chi connectivity index (χ1n) is 7.64. The van der Waals surface area contributed by atoms with Gasteiger partial charge in [0, 0.05) is 23.2 Å². The normalized spacial score (nSPS) is 10.8. The van der Waals surface area contributed by atoms with Gasteiger partial charge in [0.1, 0.15) is 5.75 Å². The number of carbonyl (C=O) groups excluding carboxylic acids is 1. The van der Waals surface area contributed by atoms with Gasteiger partial charge in [-0.3, -0.25) is 20.0 Å². The third kappa shape index (κ3) is 3.57. The minimum Gasteiger partial charge on any atom is -0.491 e. The number of nitro benzene ring substituents is 1. The number of non-ortho nitro benzene ring substituents is 1. The Bertz CT molecular complexity index is 931. The number of nitro groups is 1. The summed E-state index contributed by atoms with van der Waals surface area (Å²) in [4.78, 5) is 22.8. The van der Waals surface area contributed by atoms with Gasteiger partial charge in [-0.1, -0.05) is 0 Å². The van der Waals surface area contributed by atoms with Crippen LogP contribution in [0, 0.1) is 10.1 Å². The Balaban J connectivity index is 1.82. The van der Waals surface area contributed by atoms with Gasteiger partial charge >= 0.3 is 0 Å². The van der Waals surface area contributed by atoms with Crippen LogP contribution in [0.15, 0.2) is 42.5 Å². The monoisotopic (exact) mass is 340 g/mol. The van der Waals surface area contributed by atoms with Crippen molar-refractivity contribution in [2.24, 2.45) is 0 Å². The minimum atomic E-state index is -0.512. The number of carbonyl (C=O) groups is 1. The van der Waals surface area contributed by atoms with Crippen molar-refractivity contribution in [3.63, 3.8) is 0 Å². The van der Waals surface area contributed by atoms with Gasteiger partial charge in [-0.25, -0.2) is 0 Å². The SMILES string of the molecule is CC(C)Oc1ccc(NC(=O)c2n[nH]c3ccc([N+](=O)[O-])cc23)cc1. The number of nitrogens with one attached hydrogen (secondary N) is 2. The van der Waals surface area contributed by atoms with E-state index in [1.807, 2.05) is 13.8 Å².